The minimum Gasteiger partial charge on any atom is -0.350 e. The van der Waals surface area contributed by atoms with Crippen molar-refractivity contribution < 1.29 is 4.79 Å². The summed E-state index contributed by atoms with van der Waals surface area (Å²) in [5.74, 6) is 0.796. The third-order valence-corrected chi connectivity index (χ3v) is 6.48. The Kier molecular flexibility index (Phi) is 6.60. The summed E-state index contributed by atoms with van der Waals surface area (Å²) in [5, 5.41) is 9.18. The van der Waals surface area contributed by atoms with Gasteiger partial charge in [0.25, 0.3) is 5.56 Å². The minimum absolute atomic E-state index is 0.0453. The van der Waals surface area contributed by atoms with Gasteiger partial charge in [0, 0.05) is 18.4 Å². The lowest BCUT2D eigenvalue weighted by atomic mass is 10.0. The Morgan fingerprint density at radius 2 is 1.76 bits per heavy atom. The second-order valence-corrected chi connectivity index (χ2v) is 8.54. The molecule has 1 amide bonds. The highest BCUT2D eigenvalue weighted by Gasteiger charge is 2.17. The van der Waals surface area contributed by atoms with E-state index in [1.807, 2.05) is 24.3 Å². The van der Waals surface area contributed by atoms with Gasteiger partial charge in [-0.1, -0.05) is 43.9 Å². The highest BCUT2D eigenvalue weighted by molar-refractivity contribution is 5.84. The predicted octanol–water partition coefficient (Wildman–Crippen LogP) is 3.08. The van der Waals surface area contributed by atoms with E-state index >= 15 is 0 Å². The van der Waals surface area contributed by atoms with Gasteiger partial charge in [0.1, 0.15) is 0 Å². The summed E-state index contributed by atoms with van der Waals surface area (Å²) in [5.41, 5.74) is 0.729. The van der Waals surface area contributed by atoms with Crippen molar-refractivity contribution in [3.05, 3.63) is 40.3 Å². The number of nitrogens with zero attached hydrogens (tertiary/aromatic N) is 3. The van der Waals surface area contributed by atoms with E-state index < -0.39 is 0 Å². The number of rotatable bonds is 8. The lowest BCUT2D eigenvalue weighted by Gasteiger charge is -2.16. The fraction of sp³-hybridized carbons (Fsp3) is 0.609. The predicted molar refractivity (Wildman–Crippen MR) is 115 cm³/mol. The normalized spacial score (nSPS) is 17.9. The first kappa shape index (κ1) is 20.1. The number of carbonyl (C=O) groups is 1. The van der Waals surface area contributed by atoms with Crippen LogP contribution in [0.15, 0.2) is 29.1 Å². The Balaban J connectivity index is 1.44. The molecule has 6 heteroatoms. The molecular formula is C23H32N4O2. The minimum atomic E-state index is -0.0453. The number of carbonyl (C=O) groups excluding carboxylic acids is 1. The van der Waals surface area contributed by atoms with Gasteiger partial charge in [0.2, 0.25) is 5.91 Å². The average Bonchev–Trinajstić information content (AvgIpc) is 3.45. The molecule has 1 saturated carbocycles. The SMILES string of the molecule is O=C(CCC1CCCC1)NCc1nn(CCN2CCCC2)c(=O)c2ccccc12. The second-order valence-electron chi connectivity index (χ2n) is 8.54. The Labute approximate surface area is 172 Å². The highest BCUT2D eigenvalue weighted by Crippen LogP contribution is 2.28. The summed E-state index contributed by atoms with van der Waals surface area (Å²) in [6.45, 7) is 4.01. The van der Waals surface area contributed by atoms with E-state index in [4.69, 9.17) is 0 Å². The zero-order valence-electron chi connectivity index (χ0n) is 17.2. The zero-order chi connectivity index (χ0) is 20.1. The number of hydrogen-bond donors (Lipinski definition) is 1. The Hall–Kier alpha value is -2.21. The van der Waals surface area contributed by atoms with Crippen LogP contribution in [-0.4, -0.2) is 40.2 Å². The van der Waals surface area contributed by atoms with E-state index in [9.17, 15) is 9.59 Å². The number of benzene rings is 1. The van der Waals surface area contributed by atoms with Crippen molar-refractivity contribution in [2.75, 3.05) is 19.6 Å². The highest BCUT2D eigenvalue weighted by atomic mass is 16.1. The van der Waals surface area contributed by atoms with Gasteiger partial charge in [-0.05, 0) is 44.3 Å². The number of hydrogen-bond acceptors (Lipinski definition) is 4. The number of aromatic nitrogens is 2. The molecule has 2 fully saturated rings. The fourth-order valence-corrected chi connectivity index (χ4v) is 4.73. The molecule has 156 valence electrons. The lowest BCUT2D eigenvalue weighted by Crippen LogP contribution is -2.32. The molecule has 0 radical (unpaired) electrons. The number of amides is 1. The Bertz CT molecular complexity index is 895. The van der Waals surface area contributed by atoms with Crippen LogP contribution in [0.25, 0.3) is 10.8 Å². The molecule has 1 aromatic carbocycles. The van der Waals surface area contributed by atoms with Crippen LogP contribution in [0.3, 0.4) is 0 Å². The van der Waals surface area contributed by atoms with Gasteiger partial charge in [-0.15, -0.1) is 0 Å². The molecule has 1 aliphatic carbocycles. The van der Waals surface area contributed by atoms with Gasteiger partial charge in [-0.2, -0.15) is 5.10 Å². The first-order valence-corrected chi connectivity index (χ1v) is 11.2. The third-order valence-electron chi connectivity index (χ3n) is 6.48. The van der Waals surface area contributed by atoms with Crippen molar-refractivity contribution in [2.45, 2.75) is 64.5 Å². The van der Waals surface area contributed by atoms with Crippen molar-refractivity contribution in [1.29, 1.82) is 0 Å². The first-order valence-electron chi connectivity index (χ1n) is 11.2. The quantitative estimate of drug-likeness (QED) is 0.745. The third kappa shape index (κ3) is 5.04. The molecule has 2 aromatic rings. The molecule has 1 N–H and O–H groups in total. The molecule has 1 aromatic heterocycles. The van der Waals surface area contributed by atoms with Crippen LogP contribution in [0.2, 0.25) is 0 Å². The molecule has 29 heavy (non-hydrogen) atoms. The number of likely N-dealkylation sites (tertiary alicyclic amines) is 1. The van der Waals surface area contributed by atoms with Gasteiger partial charge >= 0.3 is 0 Å². The standard InChI is InChI=1S/C23H32N4O2/c28-22(12-11-18-7-1-2-8-18)24-17-21-19-9-3-4-10-20(19)23(29)27(25-21)16-15-26-13-5-6-14-26/h3-4,9-10,18H,1-2,5-8,11-17H2,(H,24,28). The molecule has 0 bridgehead atoms. The van der Waals surface area contributed by atoms with Crippen LogP contribution in [0, 0.1) is 5.92 Å². The number of nitrogens with one attached hydrogen (secondary N) is 1. The lowest BCUT2D eigenvalue weighted by molar-refractivity contribution is -0.121. The maximum absolute atomic E-state index is 12.9. The van der Waals surface area contributed by atoms with Crippen LogP contribution >= 0.6 is 0 Å². The molecular weight excluding hydrogens is 364 g/mol. The van der Waals surface area contributed by atoms with Crippen molar-refractivity contribution >= 4 is 16.7 Å². The van der Waals surface area contributed by atoms with Gasteiger partial charge in [0.15, 0.2) is 0 Å². The van der Waals surface area contributed by atoms with E-state index in [-0.39, 0.29) is 11.5 Å². The molecule has 1 saturated heterocycles. The smallest absolute Gasteiger partial charge is 0.274 e. The molecule has 0 unspecified atom stereocenters. The van der Waals surface area contributed by atoms with Crippen molar-refractivity contribution in [3.8, 4) is 0 Å². The summed E-state index contributed by atoms with van der Waals surface area (Å²) in [4.78, 5) is 27.6. The molecule has 0 spiro atoms. The Morgan fingerprint density at radius 3 is 2.52 bits per heavy atom. The summed E-state index contributed by atoms with van der Waals surface area (Å²) in [7, 11) is 0. The molecule has 2 heterocycles. The second kappa shape index (κ2) is 9.53. The van der Waals surface area contributed by atoms with Gasteiger partial charge < -0.3 is 10.2 Å². The number of fused-ring (bicyclic) bond motifs is 1. The van der Waals surface area contributed by atoms with Crippen LogP contribution < -0.4 is 10.9 Å². The maximum atomic E-state index is 12.9. The summed E-state index contributed by atoms with van der Waals surface area (Å²) >= 11 is 0. The molecule has 6 nitrogen and oxygen atoms in total. The summed E-state index contributed by atoms with van der Waals surface area (Å²) < 4.78 is 1.58. The largest absolute Gasteiger partial charge is 0.350 e. The van der Waals surface area contributed by atoms with Gasteiger partial charge in [-0.25, -0.2) is 4.68 Å². The monoisotopic (exact) mass is 396 g/mol. The molecule has 4 rings (SSSR count). The van der Waals surface area contributed by atoms with Crippen LogP contribution in [0.4, 0.5) is 0 Å². The topological polar surface area (TPSA) is 67.2 Å². The summed E-state index contributed by atoms with van der Waals surface area (Å²) in [6, 6.07) is 7.59. The van der Waals surface area contributed by atoms with Crippen LogP contribution in [-0.2, 0) is 17.9 Å². The van der Waals surface area contributed by atoms with Crippen molar-refractivity contribution in [3.63, 3.8) is 0 Å². The van der Waals surface area contributed by atoms with E-state index in [0.29, 0.717) is 30.8 Å². The van der Waals surface area contributed by atoms with E-state index in [1.165, 1.54) is 38.5 Å². The molecule has 1 aliphatic heterocycles. The van der Waals surface area contributed by atoms with Gasteiger partial charge in [-0.3, -0.25) is 9.59 Å². The zero-order valence-corrected chi connectivity index (χ0v) is 17.2. The first-order chi connectivity index (χ1) is 14.2. The van der Waals surface area contributed by atoms with E-state index in [2.05, 4.69) is 15.3 Å². The van der Waals surface area contributed by atoms with Gasteiger partial charge in [0.05, 0.1) is 24.2 Å². The Morgan fingerprint density at radius 1 is 1.03 bits per heavy atom. The molecule has 2 aliphatic rings. The fourth-order valence-electron chi connectivity index (χ4n) is 4.73. The van der Waals surface area contributed by atoms with Crippen molar-refractivity contribution in [2.24, 2.45) is 5.92 Å². The molecule has 0 atom stereocenters. The van der Waals surface area contributed by atoms with Crippen LogP contribution in [0.1, 0.15) is 57.1 Å². The van der Waals surface area contributed by atoms with Crippen LogP contribution in [0.5, 0.6) is 0 Å². The average molecular weight is 397 g/mol. The summed E-state index contributed by atoms with van der Waals surface area (Å²) in [6.07, 6.45) is 9.17. The van der Waals surface area contributed by atoms with E-state index in [1.54, 1.807) is 4.68 Å². The maximum Gasteiger partial charge on any atom is 0.274 e. The van der Waals surface area contributed by atoms with E-state index in [0.717, 1.165) is 37.1 Å². The van der Waals surface area contributed by atoms with Crippen molar-refractivity contribution in [1.82, 2.24) is 20.0 Å².